The van der Waals surface area contributed by atoms with Crippen molar-refractivity contribution < 1.29 is 4.74 Å². The quantitative estimate of drug-likeness (QED) is 0.603. The monoisotopic (exact) mass is 408 g/mol. The van der Waals surface area contributed by atoms with Crippen molar-refractivity contribution in [3.63, 3.8) is 0 Å². The van der Waals surface area contributed by atoms with Crippen molar-refractivity contribution in [3.8, 4) is 5.75 Å². The molecule has 0 aromatic heterocycles. The van der Waals surface area contributed by atoms with Gasteiger partial charge >= 0.3 is 0 Å². The van der Waals surface area contributed by atoms with E-state index in [9.17, 15) is 0 Å². The Morgan fingerprint density at radius 3 is 2.58 bits per heavy atom. The van der Waals surface area contributed by atoms with Crippen LogP contribution in [0.25, 0.3) is 0 Å². The molecule has 0 saturated carbocycles. The van der Waals surface area contributed by atoms with Crippen molar-refractivity contribution in [3.05, 3.63) is 28.3 Å². The molecular weight excluding hydrogens is 391 g/mol. The van der Waals surface area contributed by atoms with E-state index in [2.05, 4.69) is 51.8 Å². The van der Waals surface area contributed by atoms with E-state index in [4.69, 9.17) is 16.3 Å². The molecule has 0 radical (unpaired) electrons. The number of fused-ring (bicyclic) bond motifs is 1. The third kappa shape index (κ3) is 3.14. The normalized spacial score (nSPS) is 14.6. The third-order valence-corrected chi connectivity index (χ3v) is 6.58. The van der Waals surface area contributed by atoms with Gasteiger partial charge in [0.15, 0.2) is 0 Å². The fourth-order valence-electron chi connectivity index (χ4n) is 2.50. The molecule has 0 saturated heterocycles. The molecule has 1 aromatic carbocycles. The van der Waals surface area contributed by atoms with Crippen LogP contribution in [0.5, 0.6) is 5.75 Å². The van der Waals surface area contributed by atoms with E-state index >= 15 is 0 Å². The second-order valence-electron chi connectivity index (χ2n) is 5.61. The van der Waals surface area contributed by atoms with Crippen molar-refractivity contribution in [2.45, 2.75) is 26.7 Å². The van der Waals surface area contributed by atoms with Crippen molar-refractivity contribution in [1.82, 2.24) is 0 Å². The average molecular weight is 411 g/mol. The van der Waals surface area contributed by atoms with Gasteiger partial charge in [-0.1, -0.05) is 57.3 Å². The average Bonchev–Trinajstić information content (AvgIpc) is 2.83. The fraction of sp³-hybridized carbons (Fsp3) is 0.600. The van der Waals surface area contributed by atoms with Gasteiger partial charge in [0.25, 0.3) is 0 Å². The van der Waals surface area contributed by atoms with Gasteiger partial charge in [-0.15, -0.1) is 0 Å². The molecule has 0 N–H and O–H groups in total. The summed E-state index contributed by atoms with van der Waals surface area (Å²) in [4.78, 5) is 0. The van der Waals surface area contributed by atoms with Gasteiger partial charge in [0, 0.05) is 22.1 Å². The highest BCUT2D eigenvalue weighted by atomic mass is 79.9. The highest BCUT2D eigenvalue weighted by Crippen LogP contribution is 2.41. The molecule has 2 rings (SSSR count). The first kappa shape index (κ1) is 15.7. The minimum Gasteiger partial charge on any atom is -0.493 e. The summed E-state index contributed by atoms with van der Waals surface area (Å²) in [5.41, 5.74) is 2.68. The van der Waals surface area contributed by atoms with Crippen molar-refractivity contribution in [1.29, 1.82) is 0 Å². The zero-order chi connectivity index (χ0) is 14.0. The summed E-state index contributed by atoms with van der Waals surface area (Å²) in [5.74, 6) is 1.64. The first-order valence-electron chi connectivity index (χ1n) is 6.58. The van der Waals surface area contributed by atoms with E-state index in [1.54, 1.807) is 0 Å². The number of ether oxygens (including phenoxy) is 1. The molecule has 0 amide bonds. The Balaban J connectivity index is 2.37. The fourth-order valence-corrected chi connectivity index (χ4v) is 5.38. The largest absolute Gasteiger partial charge is 0.493 e. The van der Waals surface area contributed by atoms with Gasteiger partial charge < -0.3 is 4.74 Å². The molecule has 106 valence electrons. The van der Waals surface area contributed by atoms with Crippen LogP contribution in [0.3, 0.4) is 0 Å². The van der Waals surface area contributed by atoms with Crippen LogP contribution in [-0.4, -0.2) is 17.3 Å². The summed E-state index contributed by atoms with van der Waals surface area (Å²) in [6.45, 7) is 5.32. The lowest BCUT2D eigenvalue weighted by atomic mass is 9.76. The SMILES string of the molecule is CC(C)C(CBr)(CBr)Cc1cc(Cl)cc2c1OCC2. The molecule has 0 bridgehead atoms. The summed E-state index contributed by atoms with van der Waals surface area (Å²) in [6, 6.07) is 4.10. The van der Waals surface area contributed by atoms with Crippen molar-refractivity contribution >= 4 is 43.5 Å². The van der Waals surface area contributed by atoms with Crippen LogP contribution < -0.4 is 4.74 Å². The molecule has 1 aliphatic heterocycles. The second-order valence-corrected chi connectivity index (χ2v) is 7.17. The Hall–Kier alpha value is 0.270. The van der Waals surface area contributed by atoms with E-state index in [0.717, 1.165) is 40.9 Å². The molecule has 0 fully saturated rings. The number of hydrogen-bond acceptors (Lipinski definition) is 1. The zero-order valence-electron chi connectivity index (χ0n) is 11.3. The maximum Gasteiger partial charge on any atom is 0.125 e. The predicted molar refractivity (Wildman–Crippen MR) is 89.2 cm³/mol. The molecule has 0 unspecified atom stereocenters. The third-order valence-electron chi connectivity index (χ3n) is 4.12. The highest BCUT2D eigenvalue weighted by molar-refractivity contribution is 9.09. The van der Waals surface area contributed by atoms with Crippen LogP contribution in [0.15, 0.2) is 12.1 Å². The van der Waals surface area contributed by atoms with Crippen LogP contribution in [0.4, 0.5) is 0 Å². The van der Waals surface area contributed by atoms with Crippen molar-refractivity contribution in [2.24, 2.45) is 11.3 Å². The Kier molecular flexibility index (Phi) is 5.24. The number of halogens is 3. The number of rotatable bonds is 5. The lowest BCUT2D eigenvalue weighted by Crippen LogP contribution is -2.33. The molecule has 0 spiro atoms. The maximum atomic E-state index is 6.24. The van der Waals surface area contributed by atoms with E-state index in [1.807, 2.05) is 6.07 Å². The summed E-state index contributed by atoms with van der Waals surface area (Å²) in [5, 5.41) is 2.75. The molecular formula is C15H19Br2ClO. The second kappa shape index (κ2) is 6.36. The molecule has 1 nitrogen and oxygen atoms in total. The lowest BCUT2D eigenvalue weighted by molar-refractivity contribution is 0.262. The minimum atomic E-state index is 0.185. The van der Waals surface area contributed by atoms with Gasteiger partial charge in [-0.3, -0.25) is 0 Å². The molecule has 1 heterocycles. The summed E-state index contributed by atoms with van der Waals surface area (Å²) >= 11 is 13.6. The summed E-state index contributed by atoms with van der Waals surface area (Å²) in [6.07, 6.45) is 1.95. The number of benzene rings is 1. The van der Waals surface area contributed by atoms with Gasteiger partial charge in [-0.05, 0) is 41.0 Å². The lowest BCUT2D eigenvalue weighted by Gasteiger charge is -2.35. The molecule has 1 aromatic rings. The van der Waals surface area contributed by atoms with E-state index in [-0.39, 0.29) is 5.41 Å². The highest BCUT2D eigenvalue weighted by Gasteiger charge is 2.34. The molecule has 0 aliphatic carbocycles. The van der Waals surface area contributed by atoms with Crippen LogP contribution >= 0.6 is 43.5 Å². The molecule has 4 heteroatoms. The van der Waals surface area contributed by atoms with E-state index in [0.29, 0.717) is 5.92 Å². The van der Waals surface area contributed by atoms with Gasteiger partial charge in [0.05, 0.1) is 6.61 Å². The van der Waals surface area contributed by atoms with Crippen LogP contribution in [0, 0.1) is 11.3 Å². The Morgan fingerprint density at radius 1 is 1.32 bits per heavy atom. The first-order valence-corrected chi connectivity index (χ1v) is 9.20. The van der Waals surface area contributed by atoms with Crippen molar-refractivity contribution in [2.75, 3.05) is 17.3 Å². The van der Waals surface area contributed by atoms with Gasteiger partial charge in [-0.2, -0.15) is 0 Å². The maximum absolute atomic E-state index is 6.24. The zero-order valence-corrected chi connectivity index (χ0v) is 15.2. The molecule has 19 heavy (non-hydrogen) atoms. The number of alkyl halides is 2. The summed E-state index contributed by atoms with van der Waals surface area (Å²) < 4.78 is 5.81. The minimum absolute atomic E-state index is 0.185. The van der Waals surface area contributed by atoms with E-state index in [1.165, 1.54) is 11.1 Å². The van der Waals surface area contributed by atoms with Crippen LogP contribution in [0.1, 0.15) is 25.0 Å². The predicted octanol–water partition coefficient (Wildman–Crippen LogP) is 5.25. The Bertz CT molecular complexity index is 456. The molecule has 0 atom stereocenters. The Morgan fingerprint density at radius 2 is 2.00 bits per heavy atom. The smallest absolute Gasteiger partial charge is 0.125 e. The van der Waals surface area contributed by atoms with Gasteiger partial charge in [0.1, 0.15) is 5.75 Å². The first-order chi connectivity index (χ1) is 9.02. The number of hydrogen-bond donors (Lipinski definition) is 0. The van der Waals surface area contributed by atoms with Gasteiger partial charge in [0.2, 0.25) is 0 Å². The standard InChI is InChI=1S/C15H19Br2ClO/c1-10(2)15(8-16,9-17)7-12-6-13(18)5-11-3-4-19-14(11)12/h5-6,10H,3-4,7-9H2,1-2H3. The van der Waals surface area contributed by atoms with E-state index < -0.39 is 0 Å². The topological polar surface area (TPSA) is 9.23 Å². The van der Waals surface area contributed by atoms with Crippen LogP contribution in [0.2, 0.25) is 5.02 Å². The van der Waals surface area contributed by atoms with Gasteiger partial charge in [-0.25, -0.2) is 0 Å². The summed E-state index contributed by atoms with van der Waals surface area (Å²) in [7, 11) is 0. The molecule has 1 aliphatic rings. The van der Waals surface area contributed by atoms with Crippen LogP contribution in [-0.2, 0) is 12.8 Å². The Labute approximate surface area is 137 Å².